The average molecular weight is 290 g/mol. The normalized spacial score (nSPS) is 28.0. The van der Waals surface area contributed by atoms with E-state index in [-0.39, 0.29) is 23.4 Å². The first-order valence-electron chi connectivity index (χ1n) is 8.08. The lowest BCUT2D eigenvalue weighted by Gasteiger charge is -2.35. The molecule has 116 valence electrons. The summed E-state index contributed by atoms with van der Waals surface area (Å²) in [4.78, 5) is 12.5. The van der Waals surface area contributed by atoms with Crippen molar-refractivity contribution in [3.05, 3.63) is 23.2 Å². The second-order valence-corrected chi connectivity index (χ2v) is 7.34. The predicted molar refractivity (Wildman–Crippen MR) is 82.1 cm³/mol. The molecule has 1 aromatic heterocycles. The first-order valence-corrected chi connectivity index (χ1v) is 8.08. The second kappa shape index (κ2) is 5.48. The van der Waals surface area contributed by atoms with Gasteiger partial charge in [-0.3, -0.25) is 4.79 Å². The van der Waals surface area contributed by atoms with Crippen molar-refractivity contribution in [3.63, 3.8) is 0 Å². The molecule has 1 aliphatic heterocycles. The number of aryl methyl sites for hydroxylation is 1. The van der Waals surface area contributed by atoms with Gasteiger partial charge in [0.25, 0.3) is 0 Å². The van der Waals surface area contributed by atoms with Crippen LogP contribution < -0.4 is 10.6 Å². The molecule has 3 rings (SSSR count). The van der Waals surface area contributed by atoms with Crippen molar-refractivity contribution in [1.82, 2.24) is 10.6 Å². The Morgan fingerprint density at radius 3 is 2.95 bits per heavy atom. The molecule has 21 heavy (non-hydrogen) atoms. The Morgan fingerprint density at radius 2 is 2.24 bits per heavy atom. The van der Waals surface area contributed by atoms with Gasteiger partial charge < -0.3 is 15.1 Å². The number of hydrogen-bond acceptors (Lipinski definition) is 3. The molecular formula is C17H26N2O2. The van der Waals surface area contributed by atoms with Gasteiger partial charge in [0.05, 0.1) is 12.1 Å². The maximum atomic E-state index is 12.5. The highest BCUT2D eigenvalue weighted by molar-refractivity contribution is 5.82. The molecule has 4 nitrogen and oxygen atoms in total. The van der Waals surface area contributed by atoms with Crippen LogP contribution in [-0.2, 0) is 11.2 Å². The zero-order valence-electron chi connectivity index (χ0n) is 13.3. The number of carbonyl (C=O) groups excluding carboxylic acids is 1. The SMILES string of the molecule is Cc1cc2c(o1)CC(C)(C)CC2NC(=O)[C@H]1CCCCN1. The summed E-state index contributed by atoms with van der Waals surface area (Å²) < 4.78 is 5.83. The molecule has 1 saturated heterocycles. The zero-order chi connectivity index (χ0) is 15.0. The van der Waals surface area contributed by atoms with Crippen LogP contribution in [0.1, 0.15) is 62.7 Å². The molecule has 4 heteroatoms. The number of nitrogens with one attached hydrogen (secondary N) is 2. The lowest BCUT2D eigenvalue weighted by molar-refractivity contribution is -0.124. The third-order valence-electron chi connectivity index (χ3n) is 4.68. The molecule has 2 atom stereocenters. The smallest absolute Gasteiger partial charge is 0.237 e. The molecule has 0 radical (unpaired) electrons. The quantitative estimate of drug-likeness (QED) is 0.880. The highest BCUT2D eigenvalue weighted by atomic mass is 16.3. The third kappa shape index (κ3) is 3.15. The van der Waals surface area contributed by atoms with E-state index in [4.69, 9.17) is 4.42 Å². The van der Waals surface area contributed by atoms with Crippen LogP contribution in [0.25, 0.3) is 0 Å². The number of rotatable bonds is 2. The van der Waals surface area contributed by atoms with Gasteiger partial charge in [0.1, 0.15) is 11.5 Å². The first kappa shape index (κ1) is 14.6. The molecule has 0 bridgehead atoms. The molecule has 1 unspecified atom stereocenters. The Kier molecular flexibility index (Phi) is 3.82. The molecule has 2 N–H and O–H groups in total. The molecule has 1 amide bonds. The molecule has 1 aromatic rings. The van der Waals surface area contributed by atoms with Gasteiger partial charge in [-0.15, -0.1) is 0 Å². The summed E-state index contributed by atoms with van der Waals surface area (Å²) in [6, 6.07) is 2.14. The van der Waals surface area contributed by atoms with Crippen LogP contribution in [0.15, 0.2) is 10.5 Å². The number of piperidine rings is 1. The van der Waals surface area contributed by atoms with E-state index in [1.807, 2.05) is 6.92 Å². The summed E-state index contributed by atoms with van der Waals surface area (Å²) in [6.07, 6.45) is 5.17. The lowest BCUT2D eigenvalue weighted by Crippen LogP contribution is -2.48. The summed E-state index contributed by atoms with van der Waals surface area (Å²) in [7, 11) is 0. The van der Waals surface area contributed by atoms with Gasteiger partial charge >= 0.3 is 0 Å². The minimum absolute atomic E-state index is 0.0276. The van der Waals surface area contributed by atoms with Gasteiger partial charge in [-0.05, 0) is 44.2 Å². The largest absolute Gasteiger partial charge is 0.466 e. The van der Waals surface area contributed by atoms with E-state index < -0.39 is 0 Å². The summed E-state index contributed by atoms with van der Waals surface area (Å²) in [5, 5.41) is 6.58. The maximum Gasteiger partial charge on any atom is 0.237 e. The van der Waals surface area contributed by atoms with Crippen molar-refractivity contribution >= 4 is 5.91 Å². The minimum Gasteiger partial charge on any atom is -0.466 e. The second-order valence-electron chi connectivity index (χ2n) is 7.34. The molecule has 0 saturated carbocycles. The van der Waals surface area contributed by atoms with Crippen molar-refractivity contribution in [3.8, 4) is 0 Å². The number of carbonyl (C=O) groups is 1. The van der Waals surface area contributed by atoms with Gasteiger partial charge in [0.2, 0.25) is 5.91 Å². The van der Waals surface area contributed by atoms with Crippen LogP contribution in [0.4, 0.5) is 0 Å². The van der Waals surface area contributed by atoms with Crippen molar-refractivity contribution in [2.45, 2.75) is 65.0 Å². The van der Waals surface area contributed by atoms with Gasteiger partial charge in [0, 0.05) is 12.0 Å². The van der Waals surface area contributed by atoms with Gasteiger partial charge in [-0.2, -0.15) is 0 Å². The lowest BCUT2D eigenvalue weighted by atomic mass is 9.74. The Morgan fingerprint density at radius 1 is 1.43 bits per heavy atom. The Bertz CT molecular complexity index is 527. The standard InChI is InChI=1S/C17H26N2O2/c1-11-8-12-14(9-17(2,3)10-15(12)21-11)19-16(20)13-6-4-5-7-18-13/h8,13-14,18H,4-7,9-10H2,1-3H3,(H,19,20)/t13-,14?/m1/s1. The molecule has 0 aromatic carbocycles. The number of furan rings is 1. The van der Waals surface area contributed by atoms with Crippen LogP contribution in [0, 0.1) is 12.3 Å². The molecule has 0 spiro atoms. The summed E-state index contributed by atoms with van der Waals surface area (Å²) >= 11 is 0. The monoisotopic (exact) mass is 290 g/mol. The third-order valence-corrected chi connectivity index (χ3v) is 4.68. The highest BCUT2D eigenvalue weighted by Crippen LogP contribution is 2.42. The van der Waals surface area contributed by atoms with Crippen LogP contribution >= 0.6 is 0 Å². The molecule has 1 fully saturated rings. The number of fused-ring (bicyclic) bond motifs is 1. The summed E-state index contributed by atoms with van der Waals surface area (Å²) in [5.74, 6) is 2.13. The summed E-state index contributed by atoms with van der Waals surface area (Å²) in [6.45, 7) is 7.41. The van der Waals surface area contributed by atoms with Crippen LogP contribution in [-0.4, -0.2) is 18.5 Å². The Labute approximate surface area is 126 Å². The maximum absolute atomic E-state index is 12.5. The van der Waals surface area contributed by atoms with E-state index in [0.717, 1.165) is 43.7 Å². The number of amides is 1. The first-order chi connectivity index (χ1) is 9.94. The topological polar surface area (TPSA) is 54.3 Å². The van der Waals surface area contributed by atoms with E-state index in [1.54, 1.807) is 0 Å². The van der Waals surface area contributed by atoms with Crippen molar-refractivity contribution < 1.29 is 9.21 Å². The van der Waals surface area contributed by atoms with Crippen molar-refractivity contribution in [2.75, 3.05) is 6.54 Å². The van der Waals surface area contributed by atoms with Crippen LogP contribution in [0.5, 0.6) is 0 Å². The highest BCUT2D eigenvalue weighted by Gasteiger charge is 2.36. The molecule has 2 heterocycles. The van der Waals surface area contributed by atoms with E-state index in [1.165, 1.54) is 12.0 Å². The van der Waals surface area contributed by atoms with E-state index in [0.29, 0.717) is 0 Å². The minimum atomic E-state index is -0.0276. The Balaban J connectivity index is 1.76. The zero-order valence-corrected chi connectivity index (χ0v) is 13.3. The van der Waals surface area contributed by atoms with Gasteiger partial charge in [-0.1, -0.05) is 20.3 Å². The predicted octanol–water partition coefficient (Wildman–Crippen LogP) is 2.86. The molecule has 1 aliphatic carbocycles. The fourth-order valence-corrected chi connectivity index (χ4v) is 3.66. The van der Waals surface area contributed by atoms with Gasteiger partial charge in [-0.25, -0.2) is 0 Å². The fraction of sp³-hybridized carbons (Fsp3) is 0.706. The van der Waals surface area contributed by atoms with Crippen LogP contribution in [0.3, 0.4) is 0 Å². The van der Waals surface area contributed by atoms with E-state index >= 15 is 0 Å². The Hall–Kier alpha value is -1.29. The summed E-state index contributed by atoms with van der Waals surface area (Å²) in [5.41, 5.74) is 1.34. The van der Waals surface area contributed by atoms with Crippen molar-refractivity contribution in [2.24, 2.45) is 5.41 Å². The van der Waals surface area contributed by atoms with Gasteiger partial charge in [0.15, 0.2) is 0 Å². The van der Waals surface area contributed by atoms with E-state index in [9.17, 15) is 4.79 Å². The fourth-order valence-electron chi connectivity index (χ4n) is 3.66. The number of hydrogen-bond donors (Lipinski definition) is 2. The molecular weight excluding hydrogens is 264 g/mol. The average Bonchev–Trinajstić information content (AvgIpc) is 2.78. The molecule has 2 aliphatic rings. The van der Waals surface area contributed by atoms with Crippen LogP contribution in [0.2, 0.25) is 0 Å². The van der Waals surface area contributed by atoms with E-state index in [2.05, 4.69) is 30.5 Å². The van der Waals surface area contributed by atoms with Crippen molar-refractivity contribution in [1.29, 1.82) is 0 Å².